The van der Waals surface area contributed by atoms with E-state index >= 15 is 0 Å². The average molecular weight is 290 g/mol. The van der Waals surface area contributed by atoms with Crippen LogP contribution < -0.4 is 5.73 Å². The highest BCUT2D eigenvalue weighted by molar-refractivity contribution is 5.95. The second kappa shape index (κ2) is 5.82. The van der Waals surface area contributed by atoms with Crippen LogP contribution in [0.25, 0.3) is 0 Å². The van der Waals surface area contributed by atoms with Gasteiger partial charge in [-0.15, -0.1) is 0 Å². The lowest BCUT2D eigenvalue weighted by molar-refractivity contribution is 0.0515. The molecule has 0 aliphatic rings. The molecule has 0 aromatic carbocycles. The largest absolute Gasteiger partial charge is 0.461 e. The fourth-order valence-corrected chi connectivity index (χ4v) is 2.15. The first-order valence-electron chi connectivity index (χ1n) is 6.56. The maximum Gasteiger partial charge on any atom is 0.354 e. The minimum absolute atomic E-state index is 0.150. The molecule has 2 aromatic heterocycles. The predicted octanol–water partition coefficient (Wildman–Crippen LogP) is 0.943. The van der Waals surface area contributed by atoms with Gasteiger partial charge in [-0.05, 0) is 18.6 Å². The molecule has 0 fully saturated rings. The van der Waals surface area contributed by atoms with Crippen molar-refractivity contribution in [2.45, 2.75) is 13.3 Å². The van der Waals surface area contributed by atoms with Gasteiger partial charge in [0.1, 0.15) is 11.5 Å². The highest BCUT2D eigenvalue weighted by Gasteiger charge is 2.17. The van der Waals surface area contributed by atoms with Crippen LogP contribution in [0.5, 0.6) is 0 Å². The standard InChI is InChI=1S/C14H18N4O3/c1-4-21-14(20)10-5-9(7-17(10)2)6-11(19)13-16-12(15)8-18(13)3/h5,7-8H,4,6,15H2,1-3H3. The third-order valence-electron chi connectivity index (χ3n) is 3.06. The molecule has 112 valence electrons. The molecule has 0 saturated heterocycles. The highest BCUT2D eigenvalue weighted by Crippen LogP contribution is 2.13. The van der Waals surface area contributed by atoms with Crippen LogP contribution in [0.1, 0.15) is 33.6 Å². The number of Topliss-reactive ketones (excluding diaryl/α,β-unsaturated/α-hetero) is 1. The number of hydrogen-bond acceptors (Lipinski definition) is 5. The van der Waals surface area contributed by atoms with Crippen molar-refractivity contribution in [3.05, 3.63) is 35.5 Å². The summed E-state index contributed by atoms with van der Waals surface area (Å²) in [5.74, 6) is 0.0466. The Balaban J connectivity index is 2.17. The van der Waals surface area contributed by atoms with E-state index in [1.54, 1.807) is 48.6 Å². The molecule has 21 heavy (non-hydrogen) atoms. The fourth-order valence-electron chi connectivity index (χ4n) is 2.15. The minimum Gasteiger partial charge on any atom is -0.461 e. The lowest BCUT2D eigenvalue weighted by atomic mass is 10.1. The van der Waals surface area contributed by atoms with Gasteiger partial charge in [-0.3, -0.25) is 4.79 Å². The molecule has 0 amide bonds. The zero-order valence-electron chi connectivity index (χ0n) is 12.3. The molecule has 0 saturated carbocycles. The summed E-state index contributed by atoms with van der Waals surface area (Å²) in [5, 5.41) is 0. The number of hydrogen-bond donors (Lipinski definition) is 1. The number of aromatic nitrogens is 3. The van der Waals surface area contributed by atoms with E-state index in [4.69, 9.17) is 10.5 Å². The van der Waals surface area contributed by atoms with Gasteiger partial charge in [0, 0.05) is 32.9 Å². The zero-order chi connectivity index (χ0) is 15.6. The lowest BCUT2D eigenvalue weighted by Gasteiger charge is -2.01. The van der Waals surface area contributed by atoms with Crippen molar-refractivity contribution in [2.24, 2.45) is 14.1 Å². The first-order chi connectivity index (χ1) is 9.92. The Bertz CT molecular complexity index is 684. The fraction of sp³-hybridized carbons (Fsp3) is 0.357. The van der Waals surface area contributed by atoms with E-state index in [1.807, 2.05) is 0 Å². The van der Waals surface area contributed by atoms with E-state index in [2.05, 4.69) is 4.98 Å². The molecule has 2 aromatic rings. The van der Waals surface area contributed by atoms with Gasteiger partial charge in [0.15, 0.2) is 5.82 Å². The molecule has 0 bridgehead atoms. The number of ether oxygens (including phenoxy) is 1. The summed E-state index contributed by atoms with van der Waals surface area (Å²) in [7, 11) is 3.45. The van der Waals surface area contributed by atoms with Gasteiger partial charge in [-0.25, -0.2) is 9.78 Å². The number of carbonyl (C=O) groups is 2. The molecular formula is C14H18N4O3. The number of imidazole rings is 1. The van der Waals surface area contributed by atoms with Crippen molar-refractivity contribution in [2.75, 3.05) is 12.3 Å². The number of aryl methyl sites for hydroxylation is 2. The number of rotatable bonds is 5. The SMILES string of the molecule is CCOC(=O)c1cc(CC(=O)c2nc(N)cn2C)cn1C. The summed E-state index contributed by atoms with van der Waals surface area (Å²) < 4.78 is 8.19. The molecule has 0 radical (unpaired) electrons. The highest BCUT2D eigenvalue weighted by atomic mass is 16.5. The van der Waals surface area contributed by atoms with Crippen LogP contribution in [0.3, 0.4) is 0 Å². The molecular weight excluding hydrogens is 272 g/mol. The smallest absolute Gasteiger partial charge is 0.354 e. The van der Waals surface area contributed by atoms with Crippen molar-refractivity contribution in [3.63, 3.8) is 0 Å². The predicted molar refractivity (Wildman–Crippen MR) is 77.0 cm³/mol. The second-order valence-electron chi connectivity index (χ2n) is 4.77. The Hall–Kier alpha value is -2.57. The van der Waals surface area contributed by atoms with E-state index in [0.717, 1.165) is 5.56 Å². The summed E-state index contributed by atoms with van der Waals surface area (Å²) >= 11 is 0. The lowest BCUT2D eigenvalue weighted by Crippen LogP contribution is -2.10. The van der Waals surface area contributed by atoms with Gasteiger partial charge in [-0.1, -0.05) is 0 Å². The van der Waals surface area contributed by atoms with Crippen molar-refractivity contribution >= 4 is 17.6 Å². The van der Waals surface area contributed by atoms with Gasteiger partial charge in [0.25, 0.3) is 0 Å². The number of nitrogens with two attached hydrogens (primary N) is 1. The van der Waals surface area contributed by atoms with E-state index in [0.29, 0.717) is 23.9 Å². The van der Waals surface area contributed by atoms with Crippen molar-refractivity contribution in [1.82, 2.24) is 14.1 Å². The maximum atomic E-state index is 12.2. The summed E-state index contributed by atoms with van der Waals surface area (Å²) in [6.07, 6.45) is 3.47. The Labute approximate surface area is 122 Å². The van der Waals surface area contributed by atoms with Gasteiger partial charge in [0.2, 0.25) is 5.78 Å². The topological polar surface area (TPSA) is 92.1 Å². The van der Waals surface area contributed by atoms with Gasteiger partial charge in [0.05, 0.1) is 6.61 Å². The van der Waals surface area contributed by atoms with Crippen molar-refractivity contribution in [1.29, 1.82) is 0 Å². The van der Waals surface area contributed by atoms with Crippen LogP contribution in [0.4, 0.5) is 5.82 Å². The van der Waals surface area contributed by atoms with Crippen LogP contribution in [0.15, 0.2) is 18.5 Å². The second-order valence-corrected chi connectivity index (χ2v) is 4.77. The summed E-state index contributed by atoms with van der Waals surface area (Å²) in [6.45, 7) is 2.06. The van der Waals surface area contributed by atoms with Crippen LogP contribution in [0.2, 0.25) is 0 Å². The summed E-state index contributed by atoms with van der Waals surface area (Å²) in [4.78, 5) is 27.9. The van der Waals surface area contributed by atoms with Gasteiger partial charge in [-0.2, -0.15) is 0 Å². The molecule has 2 heterocycles. The van der Waals surface area contributed by atoms with Crippen LogP contribution in [-0.4, -0.2) is 32.5 Å². The first-order valence-corrected chi connectivity index (χ1v) is 6.56. The van der Waals surface area contributed by atoms with Crippen LogP contribution >= 0.6 is 0 Å². The zero-order valence-corrected chi connectivity index (χ0v) is 12.3. The molecule has 0 spiro atoms. The molecule has 7 heteroatoms. The molecule has 0 aliphatic carbocycles. The Morgan fingerprint density at radius 3 is 2.57 bits per heavy atom. The van der Waals surface area contributed by atoms with E-state index in [9.17, 15) is 9.59 Å². The Kier molecular flexibility index (Phi) is 4.11. The third kappa shape index (κ3) is 3.13. The van der Waals surface area contributed by atoms with Crippen LogP contribution in [-0.2, 0) is 25.3 Å². The first kappa shape index (κ1) is 14.8. The average Bonchev–Trinajstić information content (AvgIpc) is 2.92. The summed E-state index contributed by atoms with van der Waals surface area (Å²) in [6, 6.07) is 1.65. The molecule has 0 unspecified atom stereocenters. The quantitative estimate of drug-likeness (QED) is 0.653. The number of nitrogen functional groups attached to an aromatic ring is 1. The normalized spacial score (nSPS) is 10.6. The molecule has 2 rings (SSSR count). The Morgan fingerprint density at radius 2 is 2.00 bits per heavy atom. The monoisotopic (exact) mass is 290 g/mol. The number of nitrogens with zero attached hydrogens (tertiary/aromatic N) is 3. The van der Waals surface area contributed by atoms with Crippen LogP contribution in [0, 0.1) is 0 Å². The van der Waals surface area contributed by atoms with Gasteiger partial charge >= 0.3 is 5.97 Å². The number of ketones is 1. The molecule has 7 nitrogen and oxygen atoms in total. The van der Waals surface area contributed by atoms with Crippen molar-refractivity contribution in [3.8, 4) is 0 Å². The number of anilines is 1. The Morgan fingerprint density at radius 1 is 1.29 bits per heavy atom. The molecule has 0 atom stereocenters. The minimum atomic E-state index is -0.403. The molecule has 0 aliphatic heterocycles. The number of esters is 1. The van der Waals surface area contributed by atoms with E-state index < -0.39 is 5.97 Å². The molecule has 2 N–H and O–H groups in total. The van der Waals surface area contributed by atoms with Crippen molar-refractivity contribution < 1.29 is 14.3 Å². The van der Waals surface area contributed by atoms with E-state index in [-0.39, 0.29) is 12.2 Å². The van der Waals surface area contributed by atoms with Gasteiger partial charge < -0.3 is 19.6 Å². The maximum absolute atomic E-state index is 12.2. The summed E-state index contributed by atoms with van der Waals surface area (Å²) in [5.41, 5.74) is 6.71. The number of carbonyl (C=O) groups excluding carboxylic acids is 2. The van der Waals surface area contributed by atoms with E-state index in [1.165, 1.54) is 0 Å². The third-order valence-corrected chi connectivity index (χ3v) is 3.06.